The van der Waals surface area contributed by atoms with E-state index in [2.05, 4.69) is 28.4 Å². The van der Waals surface area contributed by atoms with Crippen LogP contribution in [0.2, 0.25) is 0 Å². The van der Waals surface area contributed by atoms with Crippen molar-refractivity contribution in [2.45, 2.75) is 55.6 Å². The average molecular weight is 408 g/mol. The molecule has 2 aromatic rings. The number of urea groups is 1. The monoisotopic (exact) mass is 407 g/mol. The van der Waals surface area contributed by atoms with Gasteiger partial charge in [0.1, 0.15) is 5.82 Å². The first-order valence-corrected chi connectivity index (χ1v) is 11.2. The van der Waals surface area contributed by atoms with Crippen LogP contribution in [0.25, 0.3) is 0 Å². The first-order valence-electron chi connectivity index (χ1n) is 11.2. The maximum absolute atomic E-state index is 13.6. The second kappa shape index (κ2) is 6.55. The van der Waals surface area contributed by atoms with Gasteiger partial charge in [0.2, 0.25) is 0 Å². The van der Waals surface area contributed by atoms with Gasteiger partial charge in [0.15, 0.2) is 0 Å². The fourth-order valence-electron chi connectivity index (χ4n) is 6.48. The zero-order valence-electron chi connectivity index (χ0n) is 17.2. The van der Waals surface area contributed by atoms with Crippen LogP contribution in [-0.2, 0) is 6.42 Å². The normalized spacial score (nSPS) is 32.2. The molecule has 3 aliphatic carbocycles. The van der Waals surface area contributed by atoms with Crippen LogP contribution >= 0.6 is 0 Å². The van der Waals surface area contributed by atoms with Crippen molar-refractivity contribution in [3.63, 3.8) is 0 Å². The van der Waals surface area contributed by atoms with Gasteiger partial charge in [-0.25, -0.2) is 9.18 Å². The highest BCUT2D eigenvalue weighted by Gasteiger charge is 2.71. The van der Waals surface area contributed by atoms with Gasteiger partial charge in [-0.2, -0.15) is 0 Å². The highest BCUT2D eigenvalue weighted by Crippen LogP contribution is 2.64. The first-order chi connectivity index (χ1) is 14.6. The summed E-state index contributed by atoms with van der Waals surface area (Å²) in [7, 11) is 0. The summed E-state index contributed by atoms with van der Waals surface area (Å²) in [6.45, 7) is 3.12. The van der Waals surface area contributed by atoms with E-state index >= 15 is 0 Å². The van der Waals surface area contributed by atoms with Gasteiger partial charge in [-0.15, -0.1) is 0 Å². The molecule has 1 atom stereocenters. The Hall–Kier alpha value is -2.40. The summed E-state index contributed by atoms with van der Waals surface area (Å²) in [5.41, 5.74) is 3.74. The standard InChI is InChI=1S/C25H28FN3O.H2/c26-20-9-7-19(8-10-20)22-21-6-2-1-5-18(21)11-14-29(22)23(30)27-24-15-25(16-24,17-24)28-12-3-4-13-28;/h1-2,5-10,22H,3-4,11-17H2,(H,27,30);1H/t22-,24?,25?;/m0./s1. The van der Waals surface area contributed by atoms with Gasteiger partial charge < -0.3 is 10.2 Å². The van der Waals surface area contributed by atoms with Crippen LogP contribution in [0.1, 0.15) is 56.3 Å². The van der Waals surface area contributed by atoms with Gasteiger partial charge in [0.05, 0.1) is 6.04 Å². The van der Waals surface area contributed by atoms with Crippen LogP contribution < -0.4 is 5.32 Å². The lowest BCUT2D eigenvalue weighted by molar-refractivity contribution is -0.167. The molecule has 4 nitrogen and oxygen atoms in total. The molecule has 2 heterocycles. The molecule has 4 fully saturated rings. The third-order valence-electron chi connectivity index (χ3n) is 7.88. The molecule has 2 bridgehead atoms. The van der Waals surface area contributed by atoms with E-state index in [0.717, 1.165) is 36.8 Å². The number of amides is 2. The third-order valence-corrected chi connectivity index (χ3v) is 7.88. The van der Waals surface area contributed by atoms with E-state index in [4.69, 9.17) is 0 Å². The molecular weight excluding hydrogens is 377 g/mol. The van der Waals surface area contributed by atoms with E-state index in [-0.39, 0.29) is 24.9 Å². The highest BCUT2D eigenvalue weighted by molar-refractivity contribution is 5.78. The molecule has 2 amide bonds. The molecule has 0 radical (unpaired) electrons. The summed E-state index contributed by atoms with van der Waals surface area (Å²) in [4.78, 5) is 18.1. The zero-order valence-corrected chi connectivity index (χ0v) is 17.2. The first kappa shape index (κ1) is 18.4. The molecule has 2 aromatic carbocycles. The molecule has 1 saturated heterocycles. The maximum Gasteiger partial charge on any atom is 0.318 e. The molecule has 5 aliphatic rings. The Morgan fingerprint density at radius 1 is 1.00 bits per heavy atom. The molecule has 3 saturated carbocycles. The topological polar surface area (TPSA) is 35.6 Å². The average Bonchev–Trinajstić information content (AvgIpc) is 3.24. The van der Waals surface area contributed by atoms with Crippen molar-refractivity contribution >= 4 is 6.03 Å². The number of likely N-dealkylation sites (tertiary alicyclic amines) is 1. The summed E-state index contributed by atoms with van der Waals surface area (Å²) in [6.07, 6.45) is 6.76. The molecule has 7 rings (SSSR count). The fraction of sp³-hybridized carbons (Fsp3) is 0.480. The van der Waals surface area contributed by atoms with Crippen molar-refractivity contribution < 1.29 is 10.6 Å². The van der Waals surface area contributed by atoms with Crippen molar-refractivity contribution in [1.29, 1.82) is 0 Å². The fourth-order valence-corrected chi connectivity index (χ4v) is 6.48. The van der Waals surface area contributed by atoms with Gasteiger partial charge >= 0.3 is 6.03 Å². The predicted molar refractivity (Wildman–Crippen MR) is 116 cm³/mol. The Morgan fingerprint density at radius 3 is 2.43 bits per heavy atom. The van der Waals surface area contributed by atoms with Crippen LogP contribution in [0.4, 0.5) is 9.18 Å². The molecule has 158 valence electrons. The highest BCUT2D eigenvalue weighted by atomic mass is 19.1. The maximum atomic E-state index is 13.6. The van der Waals surface area contributed by atoms with Crippen molar-refractivity contribution in [3.05, 3.63) is 71.0 Å². The third kappa shape index (κ3) is 2.71. The zero-order chi connectivity index (χ0) is 20.3. The molecule has 2 aliphatic heterocycles. The Labute approximate surface area is 178 Å². The lowest BCUT2D eigenvalue weighted by Gasteiger charge is -2.73. The number of carbonyl (C=O) groups excluding carboxylic acids is 1. The second-order valence-corrected chi connectivity index (χ2v) is 9.76. The van der Waals surface area contributed by atoms with E-state index in [1.54, 1.807) is 0 Å². The number of halogens is 1. The van der Waals surface area contributed by atoms with Gasteiger partial charge in [0, 0.05) is 19.0 Å². The summed E-state index contributed by atoms with van der Waals surface area (Å²) in [6, 6.07) is 14.8. The van der Waals surface area contributed by atoms with Crippen LogP contribution in [-0.4, -0.2) is 46.5 Å². The van der Waals surface area contributed by atoms with Crippen molar-refractivity contribution in [2.24, 2.45) is 0 Å². The summed E-state index contributed by atoms with van der Waals surface area (Å²) >= 11 is 0. The lowest BCUT2D eigenvalue weighted by Crippen LogP contribution is -2.83. The van der Waals surface area contributed by atoms with Gasteiger partial charge in [-0.05, 0) is 80.4 Å². The van der Waals surface area contributed by atoms with Crippen molar-refractivity contribution in [1.82, 2.24) is 15.1 Å². The number of hydrogen-bond donors (Lipinski definition) is 1. The van der Waals surface area contributed by atoms with Crippen molar-refractivity contribution in [2.75, 3.05) is 19.6 Å². The molecule has 0 unspecified atom stereocenters. The number of fused-ring (bicyclic) bond motifs is 1. The van der Waals surface area contributed by atoms with Crippen LogP contribution in [0, 0.1) is 5.82 Å². The van der Waals surface area contributed by atoms with E-state index < -0.39 is 0 Å². The molecule has 0 aromatic heterocycles. The van der Waals surface area contributed by atoms with Crippen LogP contribution in [0.3, 0.4) is 0 Å². The predicted octanol–water partition coefficient (Wildman–Crippen LogP) is 4.50. The quantitative estimate of drug-likeness (QED) is 0.813. The number of benzene rings is 2. The minimum Gasteiger partial charge on any atom is -0.332 e. The van der Waals surface area contributed by atoms with Crippen LogP contribution in [0.5, 0.6) is 0 Å². The SMILES string of the molecule is O=C(NC12CC(N3CCCC3)(C1)C2)N1CCc2ccccc2[C@@H]1c1ccc(F)cc1.[HH]. The largest absolute Gasteiger partial charge is 0.332 e. The van der Waals surface area contributed by atoms with E-state index in [1.807, 2.05) is 23.1 Å². The molecule has 30 heavy (non-hydrogen) atoms. The van der Waals surface area contributed by atoms with E-state index in [9.17, 15) is 9.18 Å². The number of hydrogen-bond acceptors (Lipinski definition) is 2. The lowest BCUT2D eigenvalue weighted by atomic mass is 9.43. The minimum absolute atomic E-state index is 0. The van der Waals surface area contributed by atoms with Crippen LogP contribution in [0.15, 0.2) is 48.5 Å². The smallest absolute Gasteiger partial charge is 0.318 e. The van der Waals surface area contributed by atoms with E-state index in [0.29, 0.717) is 12.1 Å². The van der Waals surface area contributed by atoms with Gasteiger partial charge in [-0.3, -0.25) is 4.90 Å². The Balaban J connectivity index is 0.00000204. The van der Waals surface area contributed by atoms with Gasteiger partial charge in [-0.1, -0.05) is 36.4 Å². The summed E-state index contributed by atoms with van der Waals surface area (Å²) in [5, 5.41) is 3.40. The number of carbonyl (C=O) groups is 1. The summed E-state index contributed by atoms with van der Waals surface area (Å²) < 4.78 is 13.6. The summed E-state index contributed by atoms with van der Waals surface area (Å²) in [5.74, 6) is -0.250. The molecule has 5 heteroatoms. The van der Waals surface area contributed by atoms with E-state index in [1.165, 1.54) is 43.6 Å². The number of rotatable bonds is 3. The molecule has 1 N–H and O–H groups in total. The van der Waals surface area contributed by atoms with Gasteiger partial charge in [0.25, 0.3) is 0 Å². The Bertz CT molecular complexity index is 969. The minimum atomic E-state index is -0.250. The Morgan fingerprint density at radius 2 is 1.70 bits per heavy atom. The molecule has 0 spiro atoms. The Kier molecular flexibility index (Phi) is 4.01. The molecular formula is C25H30FN3O. The number of nitrogens with one attached hydrogen (secondary N) is 1. The second-order valence-electron chi connectivity index (χ2n) is 9.76. The number of nitrogens with zero attached hydrogens (tertiary/aromatic N) is 2. The van der Waals surface area contributed by atoms with Crippen molar-refractivity contribution in [3.8, 4) is 0 Å².